The largest absolute Gasteiger partial charge is 0.481 e. The van der Waals surface area contributed by atoms with Gasteiger partial charge < -0.3 is 9.52 Å². The van der Waals surface area contributed by atoms with Gasteiger partial charge in [0, 0.05) is 13.0 Å². The van der Waals surface area contributed by atoms with Crippen LogP contribution < -0.4 is 0 Å². The molecule has 2 heterocycles. The van der Waals surface area contributed by atoms with E-state index in [1.165, 1.54) is 0 Å². The molecule has 5 nitrogen and oxygen atoms in total. The average Bonchev–Trinajstić information content (AvgIpc) is 2.66. The van der Waals surface area contributed by atoms with Gasteiger partial charge >= 0.3 is 5.97 Å². The highest BCUT2D eigenvalue weighted by molar-refractivity contribution is 5.66. The molecule has 1 N–H and O–H groups in total. The van der Waals surface area contributed by atoms with E-state index in [-0.39, 0.29) is 6.42 Å². The maximum Gasteiger partial charge on any atom is 0.303 e. The number of carboxylic acid groups (broad SMARTS) is 1. The Labute approximate surface area is 113 Å². The summed E-state index contributed by atoms with van der Waals surface area (Å²) < 4.78 is 5.60. The summed E-state index contributed by atoms with van der Waals surface area (Å²) in [4.78, 5) is 17.3. The number of piperidine rings is 1. The second kappa shape index (κ2) is 6.19. The van der Waals surface area contributed by atoms with Crippen LogP contribution in [0.2, 0.25) is 0 Å². The fourth-order valence-electron chi connectivity index (χ4n) is 2.66. The molecule has 1 unspecified atom stereocenters. The molecule has 0 bridgehead atoms. The molecule has 0 saturated carbocycles. The third-order valence-electron chi connectivity index (χ3n) is 3.80. The van der Waals surface area contributed by atoms with E-state index in [1.54, 1.807) is 0 Å². The lowest BCUT2D eigenvalue weighted by atomic mass is 9.93. The number of nitrogens with zero attached hydrogens (tertiary/aromatic N) is 2. The van der Waals surface area contributed by atoms with E-state index >= 15 is 0 Å². The molecular formula is C14H22N2O3. The Hall–Kier alpha value is -1.36. The third-order valence-corrected chi connectivity index (χ3v) is 3.80. The molecule has 1 aromatic heterocycles. The quantitative estimate of drug-likeness (QED) is 0.886. The van der Waals surface area contributed by atoms with Crippen molar-refractivity contribution in [3.63, 3.8) is 0 Å². The normalized spacial score (nSPS) is 20.6. The third kappa shape index (κ3) is 4.06. The van der Waals surface area contributed by atoms with Crippen LogP contribution in [0.1, 0.15) is 43.0 Å². The van der Waals surface area contributed by atoms with Crippen LogP contribution in [0.3, 0.4) is 0 Å². The summed E-state index contributed by atoms with van der Waals surface area (Å²) in [6.07, 6.45) is 3.31. The molecule has 0 aliphatic carbocycles. The monoisotopic (exact) mass is 266 g/mol. The molecule has 2 rings (SSSR count). The van der Waals surface area contributed by atoms with Crippen molar-refractivity contribution in [2.24, 2.45) is 5.92 Å². The van der Waals surface area contributed by atoms with Gasteiger partial charge in [0.1, 0.15) is 5.76 Å². The van der Waals surface area contributed by atoms with Gasteiger partial charge in [0.15, 0.2) is 0 Å². The lowest BCUT2D eigenvalue weighted by molar-refractivity contribution is -0.137. The predicted octanol–water partition coefficient (Wildman–Crippen LogP) is 2.37. The van der Waals surface area contributed by atoms with Crippen LogP contribution >= 0.6 is 0 Å². The molecule has 5 heteroatoms. The first kappa shape index (κ1) is 14.1. The van der Waals surface area contributed by atoms with Gasteiger partial charge in [0.05, 0.1) is 12.2 Å². The highest BCUT2D eigenvalue weighted by atomic mass is 16.4. The lowest BCUT2D eigenvalue weighted by Gasteiger charge is -2.31. The van der Waals surface area contributed by atoms with Crippen molar-refractivity contribution in [3.8, 4) is 0 Å². The summed E-state index contributed by atoms with van der Waals surface area (Å²) in [5.74, 6) is 1.45. The topological polar surface area (TPSA) is 66.6 Å². The van der Waals surface area contributed by atoms with E-state index in [2.05, 4.69) is 9.88 Å². The van der Waals surface area contributed by atoms with Crippen LogP contribution in [0.4, 0.5) is 0 Å². The Morgan fingerprint density at radius 3 is 2.95 bits per heavy atom. The van der Waals surface area contributed by atoms with Gasteiger partial charge in [0.25, 0.3) is 0 Å². The van der Waals surface area contributed by atoms with E-state index in [9.17, 15) is 4.79 Å². The molecule has 0 aromatic carbocycles. The molecule has 106 valence electrons. The standard InChI is InChI=1S/C14H22N2O3/c1-10-11(2)19-13(15-10)9-16-7-3-4-12(8-16)5-6-14(17)18/h12H,3-9H2,1-2H3,(H,17,18). The minimum Gasteiger partial charge on any atom is -0.481 e. The van der Waals surface area contributed by atoms with Gasteiger partial charge in [0.2, 0.25) is 5.89 Å². The molecular weight excluding hydrogens is 244 g/mol. The molecule has 0 radical (unpaired) electrons. The van der Waals surface area contributed by atoms with Crippen LogP contribution in [-0.4, -0.2) is 34.0 Å². The van der Waals surface area contributed by atoms with E-state index in [0.29, 0.717) is 5.92 Å². The number of carbonyl (C=O) groups is 1. The Morgan fingerprint density at radius 1 is 1.53 bits per heavy atom. The van der Waals surface area contributed by atoms with Crippen LogP contribution in [0.15, 0.2) is 4.42 Å². The molecule has 1 saturated heterocycles. The van der Waals surface area contributed by atoms with Gasteiger partial charge in [-0.3, -0.25) is 9.69 Å². The first-order valence-corrected chi connectivity index (χ1v) is 6.91. The van der Waals surface area contributed by atoms with Crippen molar-refractivity contribution < 1.29 is 14.3 Å². The number of hydrogen-bond acceptors (Lipinski definition) is 4. The number of likely N-dealkylation sites (tertiary alicyclic amines) is 1. The van der Waals surface area contributed by atoms with E-state index in [1.807, 2.05) is 13.8 Å². The van der Waals surface area contributed by atoms with Crippen molar-refractivity contribution >= 4 is 5.97 Å². The number of aromatic nitrogens is 1. The zero-order valence-corrected chi connectivity index (χ0v) is 11.7. The summed E-state index contributed by atoms with van der Waals surface area (Å²) in [7, 11) is 0. The summed E-state index contributed by atoms with van der Waals surface area (Å²) >= 11 is 0. The second-order valence-corrected chi connectivity index (χ2v) is 5.42. The van der Waals surface area contributed by atoms with Crippen LogP contribution in [-0.2, 0) is 11.3 Å². The Balaban J connectivity index is 1.85. The van der Waals surface area contributed by atoms with Crippen LogP contribution in [0.25, 0.3) is 0 Å². The zero-order valence-electron chi connectivity index (χ0n) is 11.7. The van der Waals surface area contributed by atoms with Gasteiger partial charge in [-0.25, -0.2) is 4.98 Å². The SMILES string of the molecule is Cc1nc(CN2CCCC(CCC(=O)O)C2)oc1C. The van der Waals surface area contributed by atoms with E-state index < -0.39 is 5.97 Å². The van der Waals surface area contributed by atoms with Gasteiger partial charge in [-0.2, -0.15) is 0 Å². The minimum absolute atomic E-state index is 0.274. The summed E-state index contributed by atoms with van der Waals surface area (Å²) in [5.41, 5.74) is 0.953. The van der Waals surface area contributed by atoms with Crippen molar-refractivity contribution in [2.75, 3.05) is 13.1 Å². The van der Waals surface area contributed by atoms with Gasteiger partial charge in [-0.05, 0) is 45.6 Å². The average molecular weight is 266 g/mol. The number of aryl methyl sites for hydroxylation is 2. The number of oxazole rings is 1. The first-order valence-electron chi connectivity index (χ1n) is 6.91. The highest BCUT2D eigenvalue weighted by Crippen LogP contribution is 2.22. The fraction of sp³-hybridized carbons (Fsp3) is 0.714. The summed E-state index contributed by atoms with van der Waals surface area (Å²) in [6, 6.07) is 0. The minimum atomic E-state index is -0.698. The smallest absolute Gasteiger partial charge is 0.303 e. The fourth-order valence-corrected chi connectivity index (χ4v) is 2.66. The van der Waals surface area contributed by atoms with Gasteiger partial charge in [-0.1, -0.05) is 0 Å². The Morgan fingerprint density at radius 2 is 2.32 bits per heavy atom. The molecule has 1 aliphatic rings. The summed E-state index contributed by atoms with van der Waals surface area (Å²) in [6.45, 7) is 6.61. The van der Waals surface area contributed by atoms with Crippen LogP contribution in [0.5, 0.6) is 0 Å². The Bertz CT molecular complexity index is 422. The zero-order chi connectivity index (χ0) is 13.8. The number of rotatable bonds is 5. The molecule has 1 aromatic rings. The van der Waals surface area contributed by atoms with E-state index in [4.69, 9.17) is 9.52 Å². The lowest BCUT2D eigenvalue weighted by Crippen LogP contribution is -2.35. The van der Waals surface area contributed by atoms with Crippen molar-refractivity contribution in [1.29, 1.82) is 0 Å². The van der Waals surface area contributed by atoms with Crippen molar-refractivity contribution in [2.45, 2.75) is 46.1 Å². The number of hydrogen-bond donors (Lipinski definition) is 1. The second-order valence-electron chi connectivity index (χ2n) is 5.42. The maximum absolute atomic E-state index is 10.6. The maximum atomic E-state index is 10.6. The molecule has 19 heavy (non-hydrogen) atoms. The van der Waals surface area contributed by atoms with Gasteiger partial charge in [-0.15, -0.1) is 0 Å². The summed E-state index contributed by atoms with van der Waals surface area (Å²) in [5, 5.41) is 8.74. The number of carboxylic acids is 1. The van der Waals surface area contributed by atoms with Crippen LogP contribution in [0, 0.1) is 19.8 Å². The molecule has 0 amide bonds. The number of aliphatic carboxylic acids is 1. The van der Waals surface area contributed by atoms with E-state index in [0.717, 1.165) is 56.2 Å². The molecule has 0 spiro atoms. The highest BCUT2D eigenvalue weighted by Gasteiger charge is 2.22. The Kier molecular flexibility index (Phi) is 4.58. The molecule has 1 atom stereocenters. The predicted molar refractivity (Wildman–Crippen MR) is 70.8 cm³/mol. The molecule has 1 aliphatic heterocycles. The molecule has 1 fully saturated rings. The van der Waals surface area contributed by atoms with Crippen molar-refractivity contribution in [3.05, 3.63) is 17.3 Å². The first-order chi connectivity index (χ1) is 9.04. The van der Waals surface area contributed by atoms with Crippen molar-refractivity contribution in [1.82, 2.24) is 9.88 Å².